The molecule has 0 bridgehead atoms. The molecule has 0 aliphatic carbocycles. The lowest BCUT2D eigenvalue weighted by Gasteiger charge is -2.11. The molecule has 0 unspecified atom stereocenters. The molecular weight excluding hydrogens is 495 g/mol. The van der Waals surface area contributed by atoms with Crippen LogP contribution in [0.3, 0.4) is 0 Å². The van der Waals surface area contributed by atoms with Crippen LogP contribution in [0.4, 0.5) is 19.0 Å². The average molecular weight is 522 g/mol. The number of benzene rings is 2. The quantitative estimate of drug-likeness (QED) is 0.275. The fourth-order valence-electron chi connectivity index (χ4n) is 4.24. The van der Waals surface area contributed by atoms with Gasteiger partial charge in [-0.05, 0) is 43.7 Å². The summed E-state index contributed by atoms with van der Waals surface area (Å²) < 4.78 is 48.3. The van der Waals surface area contributed by atoms with Crippen molar-refractivity contribution >= 4 is 17.0 Å². The Bertz CT molecular complexity index is 1560. The van der Waals surface area contributed by atoms with E-state index in [0.29, 0.717) is 48.1 Å². The number of nitrogens with one attached hydrogen (secondary N) is 1. The lowest BCUT2D eigenvalue weighted by atomic mass is 10.1. The second-order valence-corrected chi connectivity index (χ2v) is 8.89. The van der Waals surface area contributed by atoms with Crippen molar-refractivity contribution in [1.29, 1.82) is 0 Å². The van der Waals surface area contributed by atoms with Crippen LogP contribution < -0.4 is 10.1 Å². The molecule has 0 fully saturated rings. The molecular formula is C27H26F3N7O. The Morgan fingerprint density at radius 2 is 1.71 bits per heavy atom. The molecule has 11 heteroatoms. The molecule has 8 nitrogen and oxygen atoms in total. The van der Waals surface area contributed by atoms with E-state index >= 15 is 0 Å². The number of hydrogen-bond donors (Lipinski definition) is 1. The van der Waals surface area contributed by atoms with Gasteiger partial charge in [-0.25, -0.2) is 15.0 Å². The number of nitrogens with zero attached hydrogens (tertiary/aromatic N) is 6. The molecule has 3 heterocycles. The Balaban J connectivity index is 1.47. The van der Waals surface area contributed by atoms with Gasteiger partial charge in [-0.15, -0.1) is 0 Å². The Hall–Kier alpha value is -4.41. The Kier molecular flexibility index (Phi) is 6.75. The maximum atomic E-state index is 13.0. The van der Waals surface area contributed by atoms with E-state index in [0.717, 1.165) is 34.8 Å². The maximum absolute atomic E-state index is 13.0. The molecule has 0 atom stereocenters. The zero-order chi connectivity index (χ0) is 26.9. The molecule has 1 N–H and O–H groups in total. The Morgan fingerprint density at radius 3 is 2.37 bits per heavy atom. The predicted octanol–water partition coefficient (Wildman–Crippen LogP) is 5.40. The van der Waals surface area contributed by atoms with Crippen molar-refractivity contribution in [3.05, 3.63) is 83.4 Å². The molecule has 2 aromatic carbocycles. The zero-order valence-corrected chi connectivity index (χ0v) is 21.1. The van der Waals surface area contributed by atoms with Gasteiger partial charge in [0, 0.05) is 12.7 Å². The Labute approximate surface area is 217 Å². The van der Waals surface area contributed by atoms with Crippen LogP contribution >= 0.6 is 0 Å². The van der Waals surface area contributed by atoms with Gasteiger partial charge in [-0.3, -0.25) is 4.68 Å². The lowest BCUT2D eigenvalue weighted by Crippen LogP contribution is -2.13. The van der Waals surface area contributed by atoms with E-state index in [9.17, 15) is 13.2 Å². The van der Waals surface area contributed by atoms with E-state index in [2.05, 4.69) is 15.4 Å². The number of rotatable bonds is 8. The maximum Gasteiger partial charge on any atom is 0.416 e. The molecule has 3 aromatic heterocycles. The van der Waals surface area contributed by atoms with Crippen molar-refractivity contribution in [3.63, 3.8) is 0 Å². The van der Waals surface area contributed by atoms with Crippen LogP contribution in [-0.4, -0.2) is 42.5 Å². The molecule has 5 rings (SSSR count). The summed E-state index contributed by atoms with van der Waals surface area (Å²) in [4.78, 5) is 14.1. The second-order valence-electron chi connectivity index (χ2n) is 8.89. The standard InChI is InChI=1S/C27H26F3N7O/c1-17-22(18(2)36(3)35-17)24-33-25(31-13-14-38-21-7-5-4-6-8-21)23-26(34-24)37(16-32-23)15-19-9-11-20(12-10-19)27(28,29)30/h4-12,16H,13-15H2,1-3H3,(H,31,33,34). The molecule has 0 spiro atoms. The molecule has 0 aliphatic rings. The molecule has 5 aromatic rings. The molecule has 38 heavy (non-hydrogen) atoms. The highest BCUT2D eigenvalue weighted by Crippen LogP contribution is 2.30. The van der Waals surface area contributed by atoms with Gasteiger partial charge in [-0.1, -0.05) is 30.3 Å². The van der Waals surface area contributed by atoms with E-state index in [-0.39, 0.29) is 0 Å². The summed E-state index contributed by atoms with van der Waals surface area (Å²) in [6, 6.07) is 14.6. The van der Waals surface area contributed by atoms with Gasteiger partial charge in [0.25, 0.3) is 0 Å². The highest BCUT2D eigenvalue weighted by Gasteiger charge is 2.30. The first kappa shape index (κ1) is 25.2. The molecule has 196 valence electrons. The largest absolute Gasteiger partial charge is 0.492 e. The smallest absolute Gasteiger partial charge is 0.416 e. The van der Waals surface area contributed by atoms with Crippen molar-refractivity contribution in [2.75, 3.05) is 18.5 Å². The van der Waals surface area contributed by atoms with Gasteiger partial charge < -0.3 is 14.6 Å². The number of hydrogen-bond acceptors (Lipinski definition) is 6. The van der Waals surface area contributed by atoms with Crippen molar-refractivity contribution in [1.82, 2.24) is 29.3 Å². The number of halogens is 3. The predicted molar refractivity (Wildman–Crippen MR) is 138 cm³/mol. The first-order valence-electron chi connectivity index (χ1n) is 12.0. The fraction of sp³-hybridized carbons (Fsp3) is 0.259. The monoisotopic (exact) mass is 521 g/mol. The summed E-state index contributed by atoms with van der Waals surface area (Å²) in [5.41, 5.74) is 3.64. The minimum absolute atomic E-state index is 0.298. The van der Waals surface area contributed by atoms with Gasteiger partial charge in [-0.2, -0.15) is 18.3 Å². The fourth-order valence-corrected chi connectivity index (χ4v) is 4.24. The normalized spacial score (nSPS) is 11.7. The van der Waals surface area contributed by atoms with Crippen LogP contribution in [0, 0.1) is 13.8 Å². The number of fused-ring (bicyclic) bond motifs is 1. The van der Waals surface area contributed by atoms with Crippen LogP contribution in [0.1, 0.15) is 22.5 Å². The minimum Gasteiger partial charge on any atom is -0.492 e. The molecule has 0 amide bonds. The van der Waals surface area contributed by atoms with Gasteiger partial charge in [0.15, 0.2) is 17.3 Å². The molecule has 0 saturated heterocycles. The van der Waals surface area contributed by atoms with Crippen molar-refractivity contribution in [3.8, 4) is 17.1 Å². The summed E-state index contributed by atoms with van der Waals surface area (Å²) in [6.45, 7) is 5.02. The molecule has 0 radical (unpaired) electrons. The van der Waals surface area contributed by atoms with E-state index < -0.39 is 11.7 Å². The van der Waals surface area contributed by atoms with Crippen LogP contribution in [0.5, 0.6) is 5.75 Å². The zero-order valence-electron chi connectivity index (χ0n) is 21.1. The number of imidazole rings is 1. The summed E-state index contributed by atoms with van der Waals surface area (Å²) >= 11 is 0. The molecule has 0 saturated carbocycles. The lowest BCUT2D eigenvalue weighted by molar-refractivity contribution is -0.137. The van der Waals surface area contributed by atoms with Crippen molar-refractivity contribution < 1.29 is 17.9 Å². The number of anilines is 1. The first-order valence-corrected chi connectivity index (χ1v) is 12.0. The van der Waals surface area contributed by atoms with Crippen molar-refractivity contribution in [2.45, 2.75) is 26.6 Å². The highest BCUT2D eigenvalue weighted by molar-refractivity contribution is 5.85. The van der Waals surface area contributed by atoms with Gasteiger partial charge in [0.2, 0.25) is 0 Å². The topological polar surface area (TPSA) is 82.7 Å². The molecule has 0 aliphatic heterocycles. The van der Waals surface area contributed by atoms with Crippen LogP contribution in [0.2, 0.25) is 0 Å². The number of aryl methyl sites for hydroxylation is 2. The third-order valence-electron chi connectivity index (χ3n) is 6.24. The van der Waals surface area contributed by atoms with E-state index in [1.54, 1.807) is 15.6 Å². The number of para-hydroxylation sites is 1. The SMILES string of the molecule is Cc1nn(C)c(C)c1-c1nc(NCCOc2ccccc2)c2ncn(Cc3ccc(C(F)(F)F)cc3)c2n1. The third kappa shape index (κ3) is 5.17. The van der Waals surface area contributed by atoms with E-state index in [1.165, 1.54) is 12.1 Å². The van der Waals surface area contributed by atoms with Gasteiger partial charge in [0.1, 0.15) is 17.9 Å². The average Bonchev–Trinajstić information content (AvgIpc) is 3.41. The van der Waals surface area contributed by atoms with Gasteiger partial charge in [0.05, 0.1) is 36.2 Å². The van der Waals surface area contributed by atoms with Crippen LogP contribution in [0.25, 0.3) is 22.6 Å². The first-order chi connectivity index (χ1) is 18.2. The van der Waals surface area contributed by atoms with E-state index in [1.807, 2.05) is 51.2 Å². The van der Waals surface area contributed by atoms with Crippen molar-refractivity contribution in [2.24, 2.45) is 7.05 Å². The van der Waals surface area contributed by atoms with Crippen LogP contribution in [-0.2, 0) is 19.8 Å². The summed E-state index contributed by atoms with van der Waals surface area (Å²) in [5, 5.41) is 7.80. The summed E-state index contributed by atoms with van der Waals surface area (Å²) in [6.07, 6.45) is -2.76. The minimum atomic E-state index is -4.38. The summed E-state index contributed by atoms with van der Waals surface area (Å²) in [5.74, 6) is 1.79. The Morgan fingerprint density at radius 1 is 0.974 bits per heavy atom. The van der Waals surface area contributed by atoms with E-state index in [4.69, 9.17) is 14.7 Å². The highest BCUT2D eigenvalue weighted by atomic mass is 19.4. The van der Waals surface area contributed by atoms with Gasteiger partial charge >= 0.3 is 6.18 Å². The van der Waals surface area contributed by atoms with Crippen LogP contribution in [0.15, 0.2) is 60.9 Å². The number of aromatic nitrogens is 6. The number of ether oxygens (including phenoxy) is 1. The number of alkyl halides is 3. The third-order valence-corrected chi connectivity index (χ3v) is 6.24. The second kappa shape index (κ2) is 10.2. The summed E-state index contributed by atoms with van der Waals surface area (Å²) in [7, 11) is 1.86.